The molecule has 0 aromatic heterocycles. The Hall–Kier alpha value is -3.94. The summed E-state index contributed by atoms with van der Waals surface area (Å²) in [6.45, 7) is 2.61. The predicted molar refractivity (Wildman–Crippen MR) is 113 cm³/mol. The highest BCUT2D eigenvalue weighted by Crippen LogP contribution is 2.29. The molecule has 0 aliphatic heterocycles. The van der Waals surface area contributed by atoms with Gasteiger partial charge >= 0.3 is 0 Å². The first-order chi connectivity index (χ1) is 14.5. The molecule has 3 rings (SSSR count). The second-order valence-electron chi connectivity index (χ2n) is 6.23. The maximum absolute atomic E-state index is 13.0. The van der Waals surface area contributed by atoms with Crippen molar-refractivity contribution >= 4 is 17.6 Å². The summed E-state index contributed by atoms with van der Waals surface area (Å²) in [4.78, 5) is 10.4. The van der Waals surface area contributed by atoms with Crippen molar-refractivity contribution in [3.05, 3.63) is 93.8 Å². The van der Waals surface area contributed by atoms with Crippen LogP contribution >= 0.6 is 0 Å². The van der Waals surface area contributed by atoms with E-state index in [-0.39, 0.29) is 18.1 Å². The number of ether oxygens (including phenoxy) is 2. The van der Waals surface area contributed by atoms with Crippen molar-refractivity contribution in [1.82, 2.24) is 0 Å². The van der Waals surface area contributed by atoms with Crippen LogP contribution in [0.2, 0.25) is 0 Å². The van der Waals surface area contributed by atoms with Gasteiger partial charge in [0.1, 0.15) is 12.4 Å². The maximum atomic E-state index is 13.0. The minimum atomic E-state index is -0.464. The van der Waals surface area contributed by atoms with Gasteiger partial charge in [0.05, 0.1) is 23.4 Å². The smallest absolute Gasteiger partial charge is 0.271 e. The molecule has 0 bridgehead atoms. The van der Waals surface area contributed by atoms with Crippen LogP contribution in [0.1, 0.15) is 18.1 Å². The highest BCUT2D eigenvalue weighted by atomic mass is 19.1. The average molecular weight is 409 g/mol. The fraction of sp³-hybridized carbons (Fsp3) is 0.136. The van der Waals surface area contributed by atoms with Crippen molar-refractivity contribution in [2.45, 2.75) is 13.5 Å². The van der Waals surface area contributed by atoms with Crippen LogP contribution in [0.15, 0.2) is 71.8 Å². The quantitative estimate of drug-likeness (QED) is 0.300. The van der Waals surface area contributed by atoms with Gasteiger partial charge in [0, 0.05) is 12.1 Å². The van der Waals surface area contributed by atoms with E-state index in [0.717, 1.165) is 11.1 Å². The number of nitrogens with zero attached hydrogens (tertiary/aromatic N) is 2. The number of nitrogens with one attached hydrogen (secondary N) is 1. The van der Waals surface area contributed by atoms with Gasteiger partial charge in [0.15, 0.2) is 11.5 Å². The minimum absolute atomic E-state index is 0.0171. The van der Waals surface area contributed by atoms with Crippen LogP contribution in [0.25, 0.3) is 0 Å². The van der Waals surface area contributed by atoms with Crippen molar-refractivity contribution in [2.24, 2.45) is 5.10 Å². The molecule has 0 saturated heterocycles. The molecule has 0 unspecified atom stereocenters. The molecule has 154 valence electrons. The largest absolute Gasteiger partial charge is 0.490 e. The Balaban J connectivity index is 1.67. The van der Waals surface area contributed by atoms with Crippen molar-refractivity contribution in [3.63, 3.8) is 0 Å². The van der Waals surface area contributed by atoms with Crippen LogP contribution in [0, 0.1) is 15.9 Å². The van der Waals surface area contributed by atoms with Crippen LogP contribution in [0.3, 0.4) is 0 Å². The number of hydrogen-bond acceptors (Lipinski definition) is 6. The van der Waals surface area contributed by atoms with Crippen LogP contribution in [0.4, 0.5) is 15.8 Å². The zero-order valence-corrected chi connectivity index (χ0v) is 16.2. The average Bonchev–Trinajstić information content (AvgIpc) is 2.75. The van der Waals surface area contributed by atoms with Gasteiger partial charge < -0.3 is 9.47 Å². The summed E-state index contributed by atoms with van der Waals surface area (Å²) in [5.74, 6) is 0.819. The minimum Gasteiger partial charge on any atom is -0.490 e. The normalized spacial score (nSPS) is 10.7. The zero-order chi connectivity index (χ0) is 21.3. The lowest BCUT2D eigenvalue weighted by Crippen LogP contribution is -2.01. The Labute approximate surface area is 172 Å². The molecular formula is C22H20FN3O4. The molecule has 0 heterocycles. The van der Waals surface area contributed by atoms with E-state index in [0.29, 0.717) is 23.8 Å². The predicted octanol–water partition coefficient (Wildman–Crippen LogP) is 5.16. The third kappa shape index (κ3) is 5.78. The maximum Gasteiger partial charge on any atom is 0.271 e. The molecule has 3 aromatic carbocycles. The summed E-state index contributed by atoms with van der Waals surface area (Å²) in [7, 11) is 0. The number of non-ortho nitro benzene ring substituents is 1. The third-order valence-electron chi connectivity index (χ3n) is 4.04. The van der Waals surface area contributed by atoms with E-state index in [1.54, 1.807) is 48.7 Å². The summed E-state index contributed by atoms with van der Waals surface area (Å²) < 4.78 is 24.5. The van der Waals surface area contributed by atoms with Gasteiger partial charge in [-0.1, -0.05) is 18.2 Å². The molecule has 1 N–H and O–H groups in total. The van der Waals surface area contributed by atoms with Gasteiger partial charge in [-0.05, 0) is 54.4 Å². The van der Waals surface area contributed by atoms with E-state index in [1.807, 2.05) is 6.92 Å². The Bertz CT molecular complexity index is 1040. The molecule has 0 amide bonds. The first-order valence-electron chi connectivity index (χ1n) is 9.23. The topological polar surface area (TPSA) is 86.0 Å². The third-order valence-corrected chi connectivity index (χ3v) is 4.04. The monoisotopic (exact) mass is 409 g/mol. The first kappa shape index (κ1) is 20.8. The molecule has 30 heavy (non-hydrogen) atoms. The lowest BCUT2D eigenvalue weighted by molar-refractivity contribution is -0.384. The fourth-order valence-electron chi connectivity index (χ4n) is 2.60. The highest BCUT2D eigenvalue weighted by molar-refractivity contribution is 5.81. The SMILES string of the molecule is CCOc1cc(C=NNc2cccc([N+](=O)[O-])c2)ccc1OCc1ccc(F)cc1. The summed E-state index contributed by atoms with van der Waals surface area (Å²) in [6.07, 6.45) is 1.57. The molecule has 0 fully saturated rings. The second kappa shape index (κ2) is 10.0. The molecule has 8 heteroatoms. The van der Waals surface area contributed by atoms with E-state index in [4.69, 9.17) is 9.47 Å². The molecule has 7 nitrogen and oxygen atoms in total. The number of rotatable bonds is 9. The fourth-order valence-corrected chi connectivity index (χ4v) is 2.60. The van der Waals surface area contributed by atoms with Crippen molar-refractivity contribution in [1.29, 1.82) is 0 Å². The van der Waals surface area contributed by atoms with Gasteiger partial charge in [-0.25, -0.2) is 4.39 Å². The number of halogens is 1. The number of nitro groups is 1. The number of hydrazone groups is 1. The summed E-state index contributed by atoms with van der Waals surface area (Å²) in [5.41, 5.74) is 4.85. The lowest BCUT2D eigenvalue weighted by atomic mass is 10.2. The molecule has 3 aromatic rings. The van der Waals surface area contributed by atoms with Gasteiger partial charge in [-0.2, -0.15) is 5.10 Å². The standard InChI is InChI=1S/C22H20FN3O4/c1-2-29-22-12-17(14-24-25-19-4-3-5-20(13-19)26(27)28)8-11-21(22)30-15-16-6-9-18(23)10-7-16/h3-14,25H,2,15H2,1H3. The second-order valence-corrected chi connectivity index (χ2v) is 6.23. The van der Waals surface area contributed by atoms with Crippen molar-refractivity contribution in [3.8, 4) is 11.5 Å². The molecule has 0 saturated carbocycles. The molecule has 0 radical (unpaired) electrons. The van der Waals surface area contributed by atoms with Crippen LogP contribution in [-0.4, -0.2) is 17.7 Å². The molecule has 0 aliphatic rings. The number of anilines is 1. The first-order valence-corrected chi connectivity index (χ1v) is 9.23. The molecule has 0 aliphatic carbocycles. The summed E-state index contributed by atoms with van der Waals surface area (Å²) in [5, 5.41) is 15.0. The van der Waals surface area contributed by atoms with Crippen molar-refractivity contribution < 1.29 is 18.8 Å². The van der Waals surface area contributed by atoms with Gasteiger partial charge in [0.25, 0.3) is 5.69 Å². The summed E-state index contributed by atoms with van der Waals surface area (Å²) in [6, 6.07) is 17.5. The van der Waals surface area contributed by atoms with Crippen molar-refractivity contribution in [2.75, 3.05) is 12.0 Å². The number of hydrogen-bond donors (Lipinski definition) is 1. The van der Waals surface area contributed by atoms with Gasteiger partial charge in [-0.15, -0.1) is 0 Å². The molecule has 0 spiro atoms. The van der Waals surface area contributed by atoms with Gasteiger partial charge in [0.2, 0.25) is 0 Å². The van der Waals surface area contributed by atoms with Crippen LogP contribution < -0.4 is 14.9 Å². The Morgan fingerprint density at radius 1 is 1.07 bits per heavy atom. The van der Waals surface area contributed by atoms with Crippen LogP contribution in [0.5, 0.6) is 11.5 Å². The van der Waals surface area contributed by atoms with E-state index in [1.165, 1.54) is 24.3 Å². The Morgan fingerprint density at radius 2 is 1.87 bits per heavy atom. The lowest BCUT2D eigenvalue weighted by Gasteiger charge is -2.12. The van der Waals surface area contributed by atoms with E-state index < -0.39 is 4.92 Å². The number of nitro benzene ring substituents is 1. The Kier molecular flexibility index (Phi) is 6.94. The van der Waals surface area contributed by atoms with E-state index >= 15 is 0 Å². The number of benzene rings is 3. The highest BCUT2D eigenvalue weighted by Gasteiger charge is 2.07. The molecular weight excluding hydrogens is 389 g/mol. The zero-order valence-electron chi connectivity index (χ0n) is 16.2. The van der Waals surface area contributed by atoms with Crippen LogP contribution in [-0.2, 0) is 6.61 Å². The van der Waals surface area contributed by atoms with E-state index in [9.17, 15) is 14.5 Å². The summed E-state index contributed by atoms with van der Waals surface area (Å²) >= 11 is 0. The van der Waals surface area contributed by atoms with Gasteiger partial charge in [-0.3, -0.25) is 15.5 Å². The van der Waals surface area contributed by atoms with E-state index in [2.05, 4.69) is 10.5 Å². The Morgan fingerprint density at radius 3 is 2.60 bits per heavy atom. The molecule has 0 atom stereocenters.